The number of hydrogen-bond acceptors (Lipinski definition) is 4. The van der Waals surface area contributed by atoms with E-state index in [1.807, 2.05) is 30.3 Å². The molecule has 0 saturated heterocycles. The number of rotatable bonds is 4. The Morgan fingerprint density at radius 1 is 1.04 bits per heavy atom. The third-order valence-corrected chi connectivity index (χ3v) is 3.92. The van der Waals surface area contributed by atoms with E-state index in [0.29, 0.717) is 22.9 Å². The summed E-state index contributed by atoms with van der Waals surface area (Å²) in [5.41, 5.74) is 1.41. The zero-order valence-electron chi connectivity index (χ0n) is 13.6. The summed E-state index contributed by atoms with van der Waals surface area (Å²) in [4.78, 5) is 27.7. The molecular weight excluding hydrogens is 308 g/mol. The van der Waals surface area contributed by atoms with Crippen LogP contribution >= 0.6 is 0 Å². The van der Waals surface area contributed by atoms with Crippen molar-refractivity contribution >= 4 is 23.2 Å². The quantitative estimate of drug-likeness (QED) is 0.863. The van der Waals surface area contributed by atoms with Gasteiger partial charge in [-0.2, -0.15) is 0 Å². The first-order valence-electron chi connectivity index (χ1n) is 7.53. The molecule has 1 aliphatic heterocycles. The molecule has 0 fully saturated rings. The summed E-state index contributed by atoms with van der Waals surface area (Å²) in [6, 6.07) is 14.4. The Bertz CT molecular complexity index is 775. The minimum atomic E-state index is -0.283. The van der Waals surface area contributed by atoms with Crippen LogP contribution in [-0.4, -0.2) is 39.1 Å². The van der Waals surface area contributed by atoms with Gasteiger partial charge in [0.2, 0.25) is 5.91 Å². The van der Waals surface area contributed by atoms with Crippen LogP contribution in [0.3, 0.4) is 0 Å². The van der Waals surface area contributed by atoms with Gasteiger partial charge in [0.15, 0.2) is 18.1 Å². The van der Waals surface area contributed by atoms with E-state index in [4.69, 9.17) is 9.47 Å². The molecule has 2 amide bonds. The standard InChI is InChI=1S/C18H18N2O4/c1-19-13-7-3-4-8-14(13)20(11-17(19)21)18(22)12-24-16-10-6-5-9-15(16)23-2/h3-10H,11-12H2,1-2H3. The first-order valence-corrected chi connectivity index (χ1v) is 7.53. The van der Waals surface area contributed by atoms with Crippen molar-refractivity contribution in [2.24, 2.45) is 0 Å². The SMILES string of the molecule is COc1ccccc1OCC(=O)N1CC(=O)N(C)c2ccccc21. The molecule has 0 spiro atoms. The molecule has 0 aromatic heterocycles. The van der Waals surface area contributed by atoms with Gasteiger partial charge < -0.3 is 14.4 Å². The average Bonchev–Trinajstić information content (AvgIpc) is 2.63. The first-order chi connectivity index (χ1) is 11.6. The summed E-state index contributed by atoms with van der Waals surface area (Å²) < 4.78 is 10.8. The van der Waals surface area contributed by atoms with Crippen molar-refractivity contribution in [1.29, 1.82) is 0 Å². The lowest BCUT2D eigenvalue weighted by atomic mass is 10.1. The van der Waals surface area contributed by atoms with Gasteiger partial charge in [0, 0.05) is 7.05 Å². The number of nitrogens with zero attached hydrogens (tertiary/aromatic N) is 2. The van der Waals surface area contributed by atoms with Crippen molar-refractivity contribution in [1.82, 2.24) is 0 Å². The highest BCUT2D eigenvalue weighted by atomic mass is 16.5. The zero-order chi connectivity index (χ0) is 17.1. The van der Waals surface area contributed by atoms with Gasteiger partial charge >= 0.3 is 0 Å². The second-order valence-electron chi connectivity index (χ2n) is 5.36. The van der Waals surface area contributed by atoms with Crippen LogP contribution in [0.15, 0.2) is 48.5 Å². The predicted octanol–water partition coefficient (Wildman–Crippen LogP) is 2.08. The molecule has 0 bridgehead atoms. The second-order valence-corrected chi connectivity index (χ2v) is 5.36. The van der Waals surface area contributed by atoms with Crippen molar-refractivity contribution in [3.63, 3.8) is 0 Å². The molecule has 3 rings (SSSR count). The van der Waals surface area contributed by atoms with Gasteiger partial charge in [-0.05, 0) is 24.3 Å². The maximum absolute atomic E-state index is 12.6. The molecule has 1 aliphatic rings. The van der Waals surface area contributed by atoms with E-state index in [0.717, 1.165) is 0 Å². The number of methoxy groups -OCH3 is 1. The number of amides is 2. The minimum absolute atomic E-state index is 0.00162. The van der Waals surface area contributed by atoms with Crippen molar-refractivity contribution in [3.8, 4) is 11.5 Å². The molecule has 2 aromatic rings. The van der Waals surface area contributed by atoms with Crippen molar-refractivity contribution in [2.75, 3.05) is 37.1 Å². The molecule has 0 radical (unpaired) electrons. The van der Waals surface area contributed by atoms with E-state index < -0.39 is 0 Å². The number of fused-ring (bicyclic) bond motifs is 1. The van der Waals surface area contributed by atoms with E-state index in [-0.39, 0.29) is 25.0 Å². The normalized spacial score (nSPS) is 13.5. The molecule has 0 saturated carbocycles. The monoisotopic (exact) mass is 326 g/mol. The number of para-hydroxylation sites is 4. The summed E-state index contributed by atoms with van der Waals surface area (Å²) >= 11 is 0. The molecule has 6 heteroatoms. The largest absolute Gasteiger partial charge is 0.493 e. The van der Waals surface area contributed by atoms with E-state index in [1.54, 1.807) is 37.3 Å². The number of hydrogen-bond donors (Lipinski definition) is 0. The molecule has 0 atom stereocenters. The van der Waals surface area contributed by atoms with Gasteiger partial charge in [0.1, 0.15) is 6.54 Å². The fraction of sp³-hybridized carbons (Fsp3) is 0.222. The van der Waals surface area contributed by atoms with Crippen molar-refractivity contribution in [3.05, 3.63) is 48.5 Å². The van der Waals surface area contributed by atoms with Crippen LogP contribution in [0.5, 0.6) is 11.5 Å². The van der Waals surface area contributed by atoms with Crippen molar-refractivity contribution < 1.29 is 19.1 Å². The third kappa shape index (κ3) is 2.90. The lowest BCUT2D eigenvalue weighted by molar-refractivity contribution is -0.124. The van der Waals surface area contributed by atoms with Gasteiger partial charge in [-0.3, -0.25) is 14.5 Å². The molecule has 0 unspecified atom stereocenters. The molecule has 0 N–H and O–H groups in total. The third-order valence-electron chi connectivity index (χ3n) is 3.92. The van der Waals surface area contributed by atoms with Crippen LogP contribution in [0.2, 0.25) is 0 Å². The lowest BCUT2D eigenvalue weighted by Crippen LogP contribution is -2.48. The summed E-state index contributed by atoms with van der Waals surface area (Å²) in [7, 11) is 3.24. The number of carbonyl (C=O) groups excluding carboxylic acids is 2. The molecule has 6 nitrogen and oxygen atoms in total. The number of benzene rings is 2. The van der Waals surface area contributed by atoms with Crippen LogP contribution in [0, 0.1) is 0 Å². The van der Waals surface area contributed by atoms with Crippen LogP contribution in [0.25, 0.3) is 0 Å². The molecule has 2 aromatic carbocycles. The molecule has 24 heavy (non-hydrogen) atoms. The van der Waals surface area contributed by atoms with Gasteiger partial charge in [-0.1, -0.05) is 24.3 Å². The lowest BCUT2D eigenvalue weighted by Gasteiger charge is -2.34. The maximum atomic E-state index is 12.6. The fourth-order valence-corrected chi connectivity index (χ4v) is 2.61. The smallest absolute Gasteiger partial charge is 0.265 e. The highest BCUT2D eigenvalue weighted by Crippen LogP contribution is 2.32. The Balaban J connectivity index is 1.78. The minimum Gasteiger partial charge on any atom is -0.493 e. The Hall–Kier alpha value is -3.02. The first kappa shape index (κ1) is 15.9. The van der Waals surface area contributed by atoms with E-state index in [2.05, 4.69) is 0 Å². The summed E-state index contributed by atoms with van der Waals surface area (Å²) in [5.74, 6) is 0.622. The summed E-state index contributed by atoms with van der Waals surface area (Å²) in [5, 5.41) is 0. The Kier molecular flexibility index (Phi) is 4.37. The molecular formula is C18H18N2O4. The molecule has 1 heterocycles. The van der Waals surface area contributed by atoms with Gasteiger partial charge in [0.25, 0.3) is 5.91 Å². The predicted molar refractivity (Wildman–Crippen MR) is 90.7 cm³/mol. The van der Waals surface area contributed by atoms with Gasteiger partial charge in [-0.15, -0.1) is 0 Å². The zero-order valence-corrected chi connectivity index (χ0v) is 13.6. The van der Waals surface area contributed by atoms with Gasteiger partial charge in [-0.25, -0.2) is 0 Å². The van der Waals surface area contributed by atoms with Crippen LogP contribution in [0.1, 0.15) is 0 Å². The Morgan fingerprint density at radius 2 is 1.67 bits per heavy atom. The van der Waals surface area contributed by atoms with Gasteiger partial charge in [0.05, 0.1) is 18.5 Å². The Labute approximate surface area is 140 Å². The molecule has 124 valence electrons. The van der Waals surface area contributed by atoms with E-state index in [1.165, 1.54) is 4.90 Å². The highest BCUT2D eigenvalue weighted by Gasteiger charge is 2.30. The number of carbonyl (C=O) groups is 2. The second kappa shape index (κ2) is 6.62. The van der Waals surface area contributed by atoms with Crippen LogP contribution in [0.4, 0.5) is 11.4 Å². The number of ether oxygens (including phenoxy) is 2. The summed E-state index contributed by atoms with van der Waals surface area (Å²) in [6.45, 7) is -0.173. The highest BCUT2D eigenvalue weighted by molar-refractivity contribution is 6.11. The number of likely N-dealkylation sites (N-methyl/N-ethyl adjacent to an activating group) is 1. The van der Waals surface area contributed by atoms with Crippen LogP contribution < -0.4 is 19.3 Å². The maximum Gasteiger partial charge on any atom is 0.265 e. The molecule has 0 aliphatic carbocycles. The van der Waals surface area contributed by atoms with Crippen molar-refractivity contribution in [2.45, 2.75) is 0 Å². The number of anilines is 2. The summed E-state index contributed by atoms with van der Waals surface area (Å²) in [6.07, 6.45) is 0. The fourth-order valence-electron chi connectivity index (χ4n) is 2.61. The Morgan fingerprint density at radius 3 is 2.38 bits per heavy atom. The van der Waals surface area contributed by atoms with E-state index in [9.17, 15) is 9.59 Å². The van der Waals surface area contributed by atoms with Crippen LogP contribution in [-0.2, 0) is 9.59 Å². The van der Waals surface area contributed by atoms with E-state index >= 15 is 0 Å². The topological polar surface area (TPSA) is 59.1 Å². The average molecular weight is 326 g/mol.